The highest BCUT2D eigenvalue weighted by Crippen LogP contribution is 2.33. The number of amides is 1. The lowest BCUT2D eigenvalue weighted by Crippen LogP contribution is -2.39. The Morgan fingerprint density at radius 3 is 3.09 bits per heavy atom. The monoisotopic (exact) mass is 350 g/mol. The van der Waals surface area contributed by atoms with Gasteiger partial charge in [0.1, 0.15) is 5.75 Å². The molecule has 3 rings (SSSR count). The molecule has 0 saturated carbocycles. The molecule has 4 nitrogen and oxygen atoms in total. The summed E-state index contributed by atoms with van der Waals surface area (Å²) in [6, 6.07) is 7.61. The number of anilines is 1. The Labute approximate surface area is 145 Å². The van der Waals surface area contributed by atoms with Crippen molar-refractivity contribution in [3.63, 3.8) is 0 Å². The van der Waals surface area contributed by atoms with E-state index in [0.717, 1.165) is 13.0 Å². The number of ether oxygens (including phenoxy) is 1. The zero-order valence-electron chi connectivity index (χ0n) is 13.1. The lowest BCUT2D eigenvalue weighted by Gasteiger charge is -2.32. The van der Waals surface area contributed by atoms with Gasteiger partial charge in [-0.25, -0.2) is 0 Å². The Bertz CT molecular complexity index is 716. The van der Waals surface area contributed by atoms with Crippen molar-refractivity contribution in [1.82, 2.24) is 4.90 Å². The van der Waals surface area contributed by atoms with Crippen LogP contribution in [0.4, 0.5) is 5.69 Å². The van der Waals surface area contributed by atoms with E-state index in [1.54, 1.807) is 36.6 Å². The van der Waals surface area contributed by atoms with Crippen molar-refractivity contribution < 1.29 is 9.53 Å². The average Bonchev–Trinajstić information content (AvgIpc) is 3.00. The normalized spacial score (nSPS) is 17.6. The molecule has 1 atom stereocenters. The number of hydrogen-bond donors (Lipinski definition) is 1. The number of carbonyl (C=O) groups excluding carboxylic acids is 1. The molecule has 1 aromatic heterocycles. The largest absolute Gasteiger partial charge is 0.495 e. The second-order valence-corrected chi connectivity index (χ2v) is 7.03. The Balaban J connectivity index is 1.68. The van der Waals surface area contributed by atoms with Crippen LogP contribution in [0.1, 0.15) is 23.4 Å². The average molecular weight is 351 g/mol. The van der Waals surface area contributed by atoms with Crippen molar-refractivity contribution >= 4 is 34.5 Å². The second-order valence-electron chi connectivity index (χ2n) is 5.59. The molecular weight excluding hydrogens is 332 g/mol. The van der Waals surface area contributed by atoms with E-state index >= 15 is 0 Å². The number of benzene rings is 1. The van der Waals surface area contributed by atoms with Gasteiger partial charge in [-0.3, -0.25) is 9.69 Å². The summed E-state index contributed by atoms with van der Waals surface area (Å²) >= 11 is 7.80. The van der Waals surface area contributed by atoms with Crippen molar-refractivity contribution in [1.29, 1.82) is 0 Å². The van der Waals surface area contributed by atoms with Crippen LogP contribution in [0.25, 0.3) is 0 Å². The molecule has 122 valence electrons. The van der Waals surface area contributed by atoms with Gasteiger partial charge in [0.2, 0.25) is 5.91 Å². The molecule has 0 spiro atoms. The molecular formula is C17H19ClN2O2S. The summed E-state index contributed by atoms with van der Waals surface area (Å²) in [6.45, 7) is 3.40. The van der Waals surface area contributed by atoms with Gasteiger partial charge in [-0.05, 0) is 48.6 Å². The highest BCUT2D eigenvalue weighted by atomic mass is 35.5. The van der Waals surface area contributed by atoms with E-state index in [1.165, 1.54) is 10.4 Å². The van der Waals surface area contributed by atoms with E-state index < -0.39 is 0 Å². The predicted molar refractivity (Wildman–Crippen MR) is 94.6 cm³/mol. The summed E-state index contributed by atoms with van der Waals surface area (Å²) in [4.78, 5) is 16.0. The minimum absolute atomic E-state index is 0.0592. The molecule has 23 heavy (non-hydrogen) atoms. The third kappa shape index (κ3) is 3.52. The van der Waals surface area contributed by atoms with Gasteiger partial charge < -0.3 is 10.1 Å². The fourth-order valence-electron chi connectivity index (χ4n) is 2.93. The predicted octanol–water partition coefficient (Wildman–Crippen LogP) is 3.97. The Morgan fingerprint density at radius 2 is 2.30 bits per heavy atom. The molecule has 0 radical (unpaired) electrons. The molecule has 0 saturated heterocycles. The number of fused-ring (bicyclic) bond motifs is 1. The van der Waals surface area contributed by atoms with Gasteiger partial charge in [-0.2, -0.15) is 0 Å². The summed E-state index contributed by atoms with van der Waals surface area (Å²) in [5.74, 6) is 0.547. The smallest absolute Gasteiger partial charge is 0.238 e. The van der Waals surface area contributed by atoms with Gasteiger partial charge >= 0.3 is 0 Å². The molecule has 0 bridgehead atoms. The molecule has 2 aromatic rings. The number of hydrogen-bond acceptors (Lipinski definition) is 4. The van der Waals surface area contributed by atoms with Crippen LogP contribution >= 0.6 is 22.9 Å². The van der Waals surface area contributed by atoms with Crippen LogP contribution in [0.2, 0.25) is 5.02 Å². The molecule has 1 aliphatic rings. The van der Waals surface area contributed by atoms with Crippen molar-refractivity contribution in [2.45, 2.75) is 19.4 Å². The first-order chi connectivity index (χ1) is 11.1. The zero-order chi connectivity index (χ0) is 16.4. The minimum atomic E-state index is -0.0592. The van der Waals surface area contributed by atoms with Crippen LogP contribution in [0.3, 0.4) is 0 Å². The van der Waals surface area contributed by atoms with Crippen molar-refractivity contribution in [3.8, 4) is 5.75 Å². The van der Waals surface area contributed by atoms with E-state index in [-0.39, 0.29) is 11.9 Å². The van der Waals surface area contributed by atoms with E-state index in [9.17, 15) is 4.79 Å². The van der Waals surface area contributed by atoms with E-state index in [2.05, 4.69) is 28.6 Å². The molecule has 0 unspecified atom stereocenters. The van der Waals surface area contributed by atoms with Crippen LogP contribution in [0, 0.1) is 0 Å². The minimum Gasteiger partial charge on any atom is -0.495 e. The summed E-state index contributed by atoms with van der Waals surface area (Å²) in [5.41, 5.74) is 1.94. The van der Waals surface area contributed by atoms with Crippen LogP contribution in [0.15, 0.2) is 29.6 Å². The van der Waals surface area contributed by atoms with Crippen LogP contribution in [-0.2, 0) is 11.2 Å². The summed E-state index contributed by atoms with van der Waals surface area (Å²) in [6.07, 6.45) is 1.01. The molecule has 1 aliphatic heterocycles. The highest BCUT2D eigenvalue weighted by molar-refractivity contribution is 7.10. The van der Waals surface area contributed by atoms with E-state index in [0.29, 0.717) is 23.0 Å². The first-order valence-electron chi connectivity index (χ1n) is 7.52. The molecule has 2 heterocycles. The number of nitrogens with one attached hydrogen (secondary N) is 1. The van der Waals surface area contributed by atoms with Crippen LogP contribution in [0.5, 0.6) is 5.75 Å². The number of thiophene rings is 1. The molecule has 1 amide bonds. The maximum Gasteiger partial charge on any atom is 0.238 e. The SMILES string of the molecule is COc1ccc(Cl)cc1NC(=O)CN1CCc2sccc2[C@@H]1C. The number of rotatable bonds is 4. The third-order valence-corrected chi connectivity index (χ3v) is 5.42. The van der Waals surface area contributed by atoms with Gasteiger partial charge in [-0.15, -0.1) is 11.3 Å². The Hall–Kier alpha value is -1.56. The summed E-state index contributed by atoms with van der Waals surface area (Å²) < 4.78 is 5.26. The van der Waals surface area contributed by atoms with E-state index in [4.69, 9.17) is 16.3 Å². The molecule has 1 aromatic carbocycles. The van der Waals surface area contributed by atoms with Crippen LogP contribution in [-0.4, -0.2) is 31.0 Å². The number of nitrogens with zero attached hydrogens (tertiary/aromatic N) is 1. The van der Waals surface area contributed by atoms with Gasteiger partial charge in [0.05, 0.1) is 19.3 Å². The highest BCUT2D eigenvalue weighted by Gasteiger charge is 2.26. The molecule has 0 fully saturated rings. The first kappa shape index (κ1) is 16.3. The number of methoxy groups -OCH3 is 1. The quantitative estimate of drug-likeness (QED) is 0.907. The lowest BCUT2D eigenvalue weighted by molar-refractivity contribution is -0.117. The first-order valence-corrected chi connectivity index (χ1v) is 8.78. The van der Waals surface area contributed by atoms with Gasteiger partial charge in [0.25, 0.3) is 0 Å². The lowest BCUT2D eigenvalue weighted by atomic mass is 10.0. The zero-order valence-corrected chi connectivity index (χ0v) is 14.7. The fourth-order valence-corrected chi connectivity index (χ4v) is 4.06. The summed E-state index contributed by atoms with van der Waals surface area (Å²) in [7, 11) is 1.57. The van der Waals surface area contributed by atoms with Crippen molar-refractivity contribution in [2.75, 3.05) is 25.5 Å². The molecule has 6 heteroatoms. The maximum atomic E-state index is 12.4. The van der Waals surface area contributed by atoms with Crippen molar-refractivity contribution in [2.24, 2.45) is 0 Å². The van der Waals surface area contributed by atoms with Crippen LogP contribution < -0.4 is 10.1 Å². The van der Waals surface area contributed by atoms with Gasteiger partial charge in [0.15, 0.2) is 0 Å². The standard InChI is InChI=1S/C17H19ClN2O2S/c1-11-13-6-8-23-16(13)5-7-20(11)10-17(21)19-14-9-12(18)3-4-15(14)22-2/h3-4,6,8-9,11H,5,7,10H2,1-2H3,(H,19,21)/t11-/m0/s1. The second kappa shape index (κ2) is 6.91. The van der Waals surface area contributed by atoms with E-state index in [1.807, 2.05) is 0 Å². The topological polar surface area (TPSA) is 41.6 Å². The summed E-state index contributed by atoms with van der Waals surface area (Å²) in [5, 5.41) is 5.59. The number of halogens is 1. The molecule has 0 aliphatic carbocycles. The Morgan fingerprint density at radius 1 is 1.48 bits per heavy atom. The molecule has 1 N–H and O–H groups in total. The number of carbonyl (C=O) groups is 1. The fraction of sp³-hybridized carbons (Fsp3) is 0.353. The van der Waals surface area contributed by atoms with Gasteiger partial charge in [0, 0.05) is 22.5 Å². The third-order valence-electron chi connectivity index (χ3n) is 4.19. The van der Waals surface area contributed by atoms with Gasteiger partial charge in [-0.1, -0.05) is 11.6 Å². The Kier molecular flexibility index (Phi) is 4.90. The maximum absolute atomic E-state index is 12.4. The van der Waals surface area contributed by atoms with Crippen molar-refractivity contribution in [3.05, 3.63) is 45.1 Å².